The molecule has 1 aliphatic heterocycles. The first kappa shape index (κ1) is 13.7. The van der Waals surface area contributed by atoms with Gasteiger partial charge in [-0.2, -0.15) is 5.01 Å². The molecule has 1 N–H and O–H groups in total. The minimum Gasteiger partial charge on any atom is -0.312 e. The van der Waals surface area contributed by atoms with Crippen molar-refractivity contribution in [3.63, 3.8) is 0 Å². The van der Waals surface area contributed by atoms with E-state index >= 15 is 0 Å². The average Bonchev–Trinajstić information content (AvgIpc) is 2.57. The molecule has 5 nitrogen and oxygen atoms in total. The Bertz CT molecular complexity index is 530. The van der Waals surface area contributed by atoms with Crippen LogP contribution in [0.2, 0.25) is 5.02 Å². The quantitative estimate of drug-likeness (QED) is 0.906. The van der Waals surface area contributed by atoms with Gasteiger partial charge in [-0.05, 0) is 32.0 Å². The van der Waals surface area contributed by atoms with Gasteiger partial charge in [0.1, 0.15) is 5.66 Å². The summed E-state index contributed by atoms with van der Waals surface area (Å²) in [7, 11) is 0. The molecule has 1 saturated heterocycles. The SMILES string of the molecule is CCC(=O)N1N(c2cccc(Cl)c2)C(=O)NC1(C)C. The van der Waals surface area contributed by atoms with E-state index in [9.17, 15) is 9.59 Å². The lowest BCUT2D eigenvalue weighted by Crippen LogP contribution is -2.53. The summed E-state index contributed by atoms with van der Waals surface area (Å²) in [6.45, 7) is 5.32. The fraction of sp³-hybridized carbons (Fsp3) is 0.385. The van der Waals surface area contributed by atoms with Crippen LogP contribution in [0.3, 0.4) is 0 Å². The van der Waals surface area contributed by atoms with Crippen molar-refractivity contribution < 1.29 is 9.59 Å². The lowest BCUT2D eigenvalue weighted by Gasteiger charge is -2.34. The maximum Gasteiger partial charge on any atom is 0.343 e. The molecule has 0 unspecified atom stereocenters. The van der Waals surface area contributed by atoms with Gasteiger partial charge in [-0.3, -0.25) is 4.79 Å². The van der Waals surface area contributed by atoms with E-state index in [4.69, 9.17) is 11.6 Å². The number of nitrogens with zero attached hydrogens (tertiary/aromatic N) is 2. The zero-order valence-corrected chi connectivity index (χ0v) is 11.9. The van der Waals surface area contributed by atoms with Crippen molar-refractivity contribution in [2.75, 3.05) is 5.01 Å². The van der Waals surface area contributed by atoms with E-state index in [0.29, 0.717) is 17.1 Å². The van der Waals surface area contributed by atoms with Crippen molar-refractivity contribution in [2.45, 2.75) is 32.9 Å². The zero-order valence-electron chi connectivity index (χ0n) is 11.1. The van der Waals surface area contributed by atoms with Gasteiger partial charge in [-0.1, -0.05) is 24.6 Å². The first-order valence-corrected chi connectivity index (χ1v) is 6.45. The van der Waals surface area contributed by atoms with Gasteiger partial charge < -0.3 is 5.32 Å². The second kappa shape index (κ2) is 4.74. The molecule has 19 heavy (non-hydrogen) atoms. The highest BCUT2D eigenvalue weighted by Crippen LogP contribution is 2.30. The third kappa shape index (κ3) is 2.38. The Morgan fingerprint density at radius 2 is 2.11 bits per heavy atom. The second-order valence-electron chi connectivity index (χ2n) is 4.84. The Labute approximate surface area is 117 Å². The van der Waals surface area contributed by atoms with Crippen molar-refractivity contribution in [3.8, 4) is 0 Å². The maximum absolute atomic E-state index is 12.1. The number of hydrogen-bond donors (Lipinski definition) is 1. The smallest absolute Gasteiger partial charge is 0.312 e. The number of rotatable bonds is 2. The first-order valence-electron chi connectivity index (χ1n) is 6.07. The molecule has 0 saturated carbocycles. The molecule has 0 aliphatic carbocycles. The molecule has 0 spiro atoms. The van der Waals surface area contributed by atoms with Crippen LogP contribution in [-0.2, 0) is 4.79 Å². The monoisotopic (exact) mass is 281 g/mol. The van der Waals surface area contributed by atoms with Crippen molar-refractivity contribution in [1.29, 1.82) is 0 Å². The van der Waals surface area contributed by atoms with Crippen LogP contribution in [0.4, 0.5) is 10.5 Å². The fourth-order valence-electron chi connectivity index (χ4n) is 2.12. The Morgan fingerprint density at radius 3 is 2.68 bits per heavy atom. The predicted molar refractivity (Wildman–Crippen MR) is 73.7 cm³/mol. The number of hydrazine groups is 1. The van der Waals surface area contributed by atoms with Crippen LogP contribution in [0.1, 0.15) is 27.2 Å². The fourth-order valence-corrected chi connectivity index (χ4v) is 2.31. The summed E-state index contributed by atoms with van der Waals surface area (Å²) < 4.78 is 0. The summed E-state index contributed by atoms with van der Waals surface area (Å²) in [4.78, 5) is 24.2. The van der Waals surface area contributed by atoms with Gasteiger partial charge in [0.2, 0.25) is 5.91 Å². The second-order valence-corrected chi connectivity index (χ2v) is 5.28. The number of carbonyl (C=O) groups excluding carboxylic acids is 2. The van der Waals surface area contributed by atoms with E-state index in [0.717, 1.165) is 0 Å². The summed E-state index contributed by atoms with van der Waals surface area (Å²) in [5.74, 6) is -0.136. The number of nitrogens with one attached hydrogen (secondary N) is 1. The molecule has 1 aliphatic rings. The molecule has 102 valence electrons. The molecular weight excluding hydrogens is 266 g/mol. The maximum atomic E-state index is 12.1. The molecule has 1 heterocycles. The molecule has 6 heteroatoms. The van der Waals surface area contributed by atoms with Gasteiger partial charge in [0, 0.05) is 11.4 Å². The van der Waals surface area contributed by atoms with Gasteiger partial charge in [-0.15, -0.1) is 0 Å². The zero-order chi connectivity index (χ0) is 14.2. The molecule has 0 bridgehead atoms. The summed E-state index contributed by atoms with van der Waals surface area (Å²) in [6.07, 6.45) is 0.315. The van der Waals surface area contributed by atoms with Crippen LogP contribution in [0.5, 0.6) is 0 Å². The van der Waals surface area contributed by atoms with E-state index in [1.54, 1.807) is 45.0 Å². The van der Waals surface area contributed by atoms with Crippen LogP contribution >= 0.6 is 11.6 Å². The van der Waals surface area contributed by atoms with Crippen molar-refractivity contribution >= 4 is 29.2 Å². The molecule has 3 amide bonds. The highest BCUT2D eigenvalue weighted by atomic mass is 35.5. The third-order valence-electron chi connectivity index (χ3n) is 2.93. The highest BCUT2D eigenvalue weighted by molar-refractivity contribution is 6.30. The van der Waals surface area contributed by atoms with Crippen LogP contribution in [0.25, 0.3) is 0 Å². The minimum absolute atomic E-state index is 0.136. The Hall–Kier alpha value is -1.75. The van der Waals surface area contributed by atoms with Gasteiger partial charge >= 0.3 is 6.03 Å². The molecule has 1 aromatic carbocycles. The standard InChI is InChI=1S/C13H16ClN3O2/c1-4-11(18)17-13(2,3)15-12(19)16(17)10-7-5-6-9(14)8-10/h5-8H,4H2,1-3H3,(H,15,19). The summed E-state index contributed by atoms with van der Waals surface area (Å²) in [5.41, 5.74) is -0.190. The highest BCUT2D eigenvalue weighted by Gasteiger charge is 2.46. The molecule has 0 atom stereocenters. The van der Waals surface area contributed by atoms with Gasteiger partial charge in [0.25, 0.3) is 0 Å². The number of benzene rings is 1. The van der Waals surface area contributed by atoms with Crippen LogP contribution in [-0.4, -0.2) is 22.6 Å². The molecule has 0 aromatic heterocycles. The molecule has 1 fully saturated rings. The van der Waals surface area contributed by atoms with Crippen LogP contribution in [0, 0.1) is 0 Å². The van der Waals surface area contributed by atoms with Gasteiger partial charge in [-0.25, -0.2) is 9.80 Å². The van der Waals surface area contributed by atoms with E-state index < -0.39 is 5.66 Å². The molecule has 2 rings (SSSR count). The van der Waals surface area contributed by atoms with Crippen molar-refractivity contribution in [3.05, 3.63) is 29.3 Å². The minimum atomic E-state index is -0.757. The van der Waals surface area contributed by atoms with Crippen LogP contribution in [0.15, 0.2) is 24.3 Å². The number of carbonyl (C=O) groups is 2. The lowest BCUT2D eigenvalue weighted by atomic mass is 10.2. The number of hydrogen-bond acceptors (Lipinski definition) is 2. The summed E-state index contributed by atoms with van der Waals surface area (Å²) >= 11 is 5.94. The summed E-state index contributed by atoms with van der Waals surface area (Å²) in [6, 6.07) is 6.51. The molecule has 0 radical (unpaired) electrons. The van der Waals surface area contributed by atoms with Crippen LogP contribution < -0.4 is 10.3 Å². The normalized spacial score (nSPS) is 17.6. The molecular formula is C13H16ClN3O2. The van der Waals surface area contributed by atoms with Gasteiger partial charge in [0.15, 0.2) is 0 Å². The lowest BCUT2D eigenvalue weighted by molar-refractivity contribution is -0.135. The van der Waals surface area contributed by atoms with Gasteiger partial charge in [0.05, 0.1) is 5.69 Å². The number of amides is 3. The Kier molecular flexibility index (Phi) is 3.41. The van der Waals surface area contributed by atoms with E-state index in [2.05, 4.69) is 5.32 Å². The average molecular weight is 282 g/mol. The number of anilines is 1. The first-order chi connectivity index (χ1) is 8.86. The third-order valence-corrected chi connectivity index (χ3v) is 3.16. The van der Waals surface area contributed by atoms with E-state index in [1.165, 1.54) is 10.0 Å². The number of halogens is 1. The summed E-state index contributed by atoms with van der Waals surface area (Å²) in [5, 5.41) is 6.05. The van der Waals surface area contributed by atoms with Crippen molar-refractivity contribution in [2.24, 2.45) is 0 Å². The largest absolute Gasteiger partial charge is 0.343 e. The van der Waals surface area contributed by atoms with Crippen molar-refractivity contribution in [1.82, 2.24) is 10.3 Å². The van der Waals surface area contributed by atoms with E-state index in [-0.39, 0.29) is 11.9 Å². The van der Waals surface area contributed by atoms with E-state index in [1.807, 2.05) is 0 Å². The Morgan fingerprint density at radius 1 is 1.42 bits per heavy atom. The number of urea groups is 1. The predicted octanol–water partition coefficient (Wildman–Crippen LogP) is 2.76. The Balaban J connectivity index is 2.47. The molecule has 1 aromatic rings. The topological polar surface area (TPSA) is 52.7 Å².